The average Bonchev–Trinajstić information content (AvgIpc) is 3.10. The minimum Gasteiger partial charge on any atom is -0.462 e. The summed E-state index contributed by atoms with van der Waals surface area (Å²) in [5, 5.41) is 0. The first kappa shape index (κ1) is 24.1. The van der Waals surface area contributed by atoms with Gasteiger partial charge in [0, 0.05) is 13.3 Å². The standard InChI is InChI=1S/C30H48O2/c1-7-22(19(2)3)9-8-20(4)28-14-15-29-27-12-10-23-18-24(32-21(5)31)11-13-25(23)26(27)16-17-30(28,29)6/h8-10,19-20,22,24-29H,7,11-18H2,1-6H3. The maximum absolute atomic E-state index is 11.4. The molecule has 0 aliphatic heterocycles. The first-order valence-corrected chi connectivity index (χ1v) is 13.8. The molecule has 0 aromatic heterocycles. The number of fused-ring (bicyclic) bond motifs is 5. The van der Waals surface area contributed by atoms with Gasteiger partial charge < -0.3 is 4.74 Å². The summed E-state index contributed by atoms with van der Waals surface area (Å²) in [6.45, 7) is 13.8. The van der Waals surface area contributed by atoms with E-state index in [0.717, 1.165) is 54.3 Å². The molecule has 2 heteroatoms. The third-order valence-corrected chi connectivity index (χ3v) is 10.4. The van der Waals surface area contributed by atoms with Crippen LogP contribution in [0.5, 0.6) is 0 Å². The van der Waals surface area contributed by atoms with Crippen LogP contribution in [0.15, 0.2) is 23.8 Å². The van der Waals surface area contributed by atoms with Crippen LogP contribution >= 0.6 is 0 Å². The number of hydrogen-bond donors (Lipinski definition) is 0. The van der Waals surface area contributed by atoms with Gasteiger partial charge in [-0.15, -0.1) is 0 Å². The van der Waals surface area contributed by atoms with Crippen LogP contribution in [0.25, 0.3) is 0 Å². The van der Waals surface area contributed by atoms with Gasteiger partial charge in [-0.05, 0) is 104 Å². The molecule has 180 valence electrons. The van der Waals surface area contributed by atoms with Crippen molar-refractivity contribution in [2.75, 3.05) is 0 Å². The van der Waals surface area contributed by atoms with Gasteiger partial charge in [0.05, 0.1) is 0 Å². The first-order chi connectivity index (χ1) is 15.2. The zero-order valence-electron chi connectivity index (χ0n) is 21.6. The van der Waals surface area contributed by atoms with Crippen LogP contribution in [-0.2, 0) is 9.53 Å². The Morgan fingerprint density at radius 2 is 1.91 bits per heavy atom. The van der Waals surface area contributed by atoms with Crippen molar-refractivity contribution >= 4 is 5.97 Å². The fourth-order valence-electron chi connectivity index (χ4n) is 8.76. The number of ether oxygens (including phenoxy) is 1. The summed E-state index contributed by atoms with van der Waals surface area (Å²) in [5.74, 6) is 6.31. The van der Waals surface area contributed by atoms with Crippen molar-refractivity contribution in [3.8, 4) is 0 Å². The Kier molecular flexibility index (Phi) is 7.28. The van der Waals surface area contributed by atoms with Crippen LogP contribution in [0.2, 0.25) is 0 Å². The van der Waals surface area contributed by atoms with Gasteiger partial charge in [-0.1, -0.05) is 58.4 Å². The third-order valence-electron chi connectivity index (χ3n) is 10.4. The van der Waals surface area contributed by atoms with E-state index < -0.39 is 0 Å². The lowest BCUT2D eigenvalue weighted by atomic mass is 9.51. The molecule has 0 amide bonds. The Morgan fingerprint density at radius 3 is 2.59 bits per heavy atom. The largest absolute Gasteiger partial charge is 0.462 e. The number of rotatable bonds is 6. The molecule has 0 bridgehead atoms. The normalized spacial score (nSPS) is 40.9. The number of carbonyl (C=O) groups excluding carboxylic acids is 1. The molecule has 0 saturated heterocycles. The summed E-state index contributed by atoms with van der Waals surface area (Å²) in [5.41, 5.74) is 2.14. The molecule has 0 spiro atoms. The predicted octanol–water partition coefficient (Wildman–Crippen LogP) is 7.98. The SMILES string of the molecule is CCC(C=CC(C)C1CCC2C3CC=C4CC(OC(C)=O)CCC4C3CCC12C)C(C)C. The van der Waals surface area contributed by atoms with Gasteiger partial charge in [0.15, 0.2) is 0 Å². The first-order valence-electron chi connectivity index (χ1n) is 13.8. The molecular formula is C30H48O2. The lowest BCUT2D eigenvalue weighted by Crippen LogP contribution is -2.47. The second-order valence-electron chi connectivity index (χ2n) is 12.4. The predicted molar refractivity (Wildman–Crippen MR) is 133 cm³/mol. The molecule has 9 atom stereocenters. The molecule has 32 heavy (non-hydrogen) atoms. The molecule has 3 fully saturated rings. The molecule has 2 nitrogen and oxygen atoms in total. The lowest BCUT2D eigenvalue weighted by Gasteiger charge is -2.54. The molecular weight excluding hydrogens is 392 g/mol. The van der Waals surface area contributed by atoms with Crippen molar-refractivity contribution < 1.29 is 9.53 Å². The maximum Gasteiger partial charge on any atom is 0.302 e. The van der Waals surface area contributed by atoms with Gasteiger partial charge in [0.1, 0.15) is 6.10 Å². The summed E-state index contributed by atoms with van der Waals surface area (Å²) in [6, 6.07) is 0. The number of carbonyl (C=O) groups is 1. The van der Waals surface area contributed by atoms with Crippen molar-refractivity contribution in [2.45, 2.75) is 105 Å². The van der Waals surface area contributed by atoms with E-state index in [1.165, 1.54) is 44.9 Å². The second-order valence-corrected chi connectivity index (χ2v) is 12.4. The molecule has 0 aromatic rings. The monoisotopic (exact) mass is 440 g/mol. The topological polar surface area (TPSA) is 26.3 Å². The summed E-state index contributed by atoms with van der Waals surface area (Å²) in [4.78, 5) is 11.4. The van der Waals surface area contributed by atoms with Crippen LogP contribution in [0, 0.1) is 52.8 Å². The molecule has 0 aromatic carbocycles. The van der Waals surface area contributed by atoms with Crippen LogP contribution in [0.1, 0.15) is 99.3 Å². The van der Waals surface area contributed by atoms with Crippen LogP contribution in [-0.4, -0.2) is 12.1 Å². The molecule has 9 unspecified atom stereocenters. The summed E-state index contributed by atoms with van der Waals surface area (Å²) < 4.78 is 5.58. The molecule has 3 saturated carbocycles. The lowest BCUT2D eigenvalue weighted by molar-refractivity contribution is -0.147. The maximum atomic E-state index is 11.4. The molecule has 4 aliphatic carbocycles. The molecule has 0 radical (unpaired) electrons. The summed E-state index contributed by atoms with van der Waals surface area (Å²) in [7, 11) is 0. The van der Waals surface area contributed by atoms with E-state index >= 15 is 0 Å². The Hall–Kier alpha value is -1.05. The van der Waals surface area contributed by atoms with Gasteiger partial charge in [0.2, 0.25) is 0 Å². The fourth-order valence-corrected chi connectivity index (χ4v) is 8.76. The molecule has 0 N–H and O–H groups in total. The zero-order chi connectivity index (χ0) is 23.0. The molecule has 4 rings (SSSR count). The van der Waals surface area contributed by atoms with E-state index in [-0.39, 0.29) is 12.1 Å². The molecule has 4 aliphatic rings. The van der Waals surface area contributed by atoms with E-state index in [0.29, 0.717) is 11.3 Å². The Labute approximate surface area is 197 Å². The Morgan fingerprint density at radius 1 is 1.12 bits per heavy atom. The summed E-state index contributed by atoms with van der Waals surface area (Å²) in [6.07, 6.45) is 19.3. The van der Waals surface area contributed by atoms with E-state index in [9.17, 15) is 4.79 Å². The van der Waals surface area contributed by atoms with Crippen molar-refractivity contribution in [1.29, 1.82) is 0 Å². The van der Waals surface area contributed by atoms with Crippen molar-refractivity contribution in [1.82, 2.24) is 0 Å². The quantitative estimate of drug-likeness (QED) is 0.309. The Balaban J connectivity index is 1.45. The highest BCUT2D eigenvalue weighted by Gasteiger charge is 2.56. The van der Waals surface area contributed by atoms with Crippen molar-refractivity contribution in [2.24, 2.45) is 52.8 Å². The van der Waals surface area contributed by atoms with E-state index in [1.807, 2.05) is 0 Å². The van der Waals surface area contributed by atoms with Gasteiger partial charge in [-0.3, -0.25) is 4.79 Å². The highest BCUT2D eigenvalue weighted by molar-refractivity contribution is 5.66. The van der Waals surface area contributed by atoms with Crippen molar-refractivity contribution in [3.05, 3.63) is 23.8 Å². The minimum atomic E-state index is -0.116. The summed E-state index contributed by atoms with van der Waals surface area (Å²) >= 11 is 0. The number of allylic oxidation sites excluding steroid dienone is 3. The van der Waals surface area contributed by atoms with Crippen molar-refractivity contribution in [3.63, 3.8) is 0 Å². The van der Waals surface area contributed by atoms with Crippen LogP contribution in [0.4, 0.5) is 0 Å². The van der Waals surface area contributed by atoms with Crippen LogP contribution < -0.4 is 0 Å². The highest BCUT2D eigenvalue weighted by atomic mass is 16.5. The average molecular weight is 441 g/mol. The second kappa shape index (κ2) is 9.67. The number of esters is 1. The van der Waals surface area contributed by atoms with E-state index in [4.69, 9.17) is 4.74 Å². The van der Waals surface area contributed by atoms with Crippen LogP contribution in [0.3, 0.4) is 0 Å². The van der Waals surface area contributed by atoms with E-state index in [2.05, 4.69) is 52.8 Å². The number of hydrogen-bond acceptors (Lipinski definition) is 2. The zero-order valence-corrected chi connectivity index (χ0v) is 21.6. The molecule has 0 heterocycles. The third kappa shape index (κ3) is 4.49. The smallest absolute Gasteiger partial charge is 0.302 e. The van der Waals surface area contributed by atoms with Gasteiger partial charge in [-0.2, -0.15) is 0 Å². The Bertz CT molecular complexity index is 733. The minimum absolute atomic E-state index is 0.116. The van der Waals surface area contributed by atoms with Gasteiger partial charge >= 0.3 is 5.97 Å². The van der Waals surface area contributed by atoms with E-state index in [1.54, 1.807) is 12.5 Å². The fraction of sp³-hybridized carbons (Fsp3) is 0.833. The van der Waals surface area contributed by atoms with Gasteiger partial charge in [-0.25, -0.2) is 0 Å². The highest BCUT2D eigenvalue weighted by Crippen LogP contribution is 2.64. The van der Waals surface area contributed by atoms with Gasteiger partial charge in [0.25, 0.3) is 0 Å².